The number of hydrogen-bond donors (Lipinski definition) is 0. The first-order valence-corrected chi connectivity index (χ1v) is 9.78. The van der Waals surface area contributed by atoms with Gasteiger partial charge in [0.2, 0.25) is 0 Å². The summed E-state index contributed by atoms with van der Waals surface area (Å²) in [5.41, 5.74) is 0.532. The molecule has 3 saturated heterocycles. The fourth-order valence-corrected chi connectivity index (χ4v) is 4.48. The Morgan fingerprint density at radius 3 is 2.50 bits per heavy atom. The number of carbonyl (C=O) groups is 1. The lowest BCUT2D eigenvalue weighted by Gasteiger charge is -2.36. The molecule has 0 saturated carbocycles. The highest BCUT2D eigenvalue weighted by molar-refractivity contribution is 5.92. The van der Waals surface area contributed by atoms with Gasteiger partial charge < -0.3 is 4.90 Å². The molecule has 28 heavy (non-hydrogen) atoms. The van der Waals surface area contributed by atoms with Crippen LogP contribution in [0, 0.1) is 5.92 Å². The molecule has 1 aromatic heterocycles. The van der Waals surface area contributed by atoms with Gasteiger partial charge in [0.05, 0.1) is 0 Å². The van der Waals surface area contributed by atoms with Crippen LogP contribution in [0.4, 0.5) is 0 Å². The molecule has 0 N–H and O–H groups in total. The number of piperidine rings is 1. The summed E-state index contributed by atoms with van der Waals surface area (Å²) >= 11 is 0. The Morgan fingerprint density at radius 2 is 1.75 bits per heavy atom. The van der Waals surface area contributed by atoms with Crippen molar-refractivity contribution >= 4 is 5.91 Å². The Morgan fingerprint density at radius 1 is 1.00 bits per heavy atom. The van der Waals surface area contributed by atoms with Crippen LogP contribution in [-0.2, 0) is 20.6 Å². The zero-order chi connectivity index (χ0) is 19.8. The molecule has 3 aliphatic heterocycles. The van der Waals surface area contributed by atoms with Crippen molar-refractivity contribution in [2.45, 2.75) is 25.4 Å². The van der Waals surface area contributed by atoms with Crippen LogP contribution in [-0.4, -0.2) is 50.5 Å². The molecule has 1 aromatic carbocycles. The number of fused-ring (bicyclic) bond motifs is 4. The molecule has 3 fully saturated rings. The van der Waals surface area contributed by atoms with Gasteiger partial charge in [-0.05, 0) is 24.3 Å². The maximum absolute atomic E-state index is 13.2. The molecule has 2 bridgehead atoms. The van der Waals surface area contributed by atoms with Crippen molar-refractivity contribution in [1.29, 1.82) is 0 Å². The molecule has 2 aromatic rings. The van der Waals surface area contributed by atoms with Gasteiger partial charge in [-0.15, -0.1) is 0 Å². The number of amides is 1. The number of carbonyl (C=O) groups excluding carboxylic acids is 1. The Bertz CT molecular complexity index is 995. The summed E-state index contributed by atoms with van der Waals surface area (Å²) in [6.07, 6.45) is 2.07. The van der Waals surface area contributed by atoms with E-state index in [0.717, 1.165) is 37.0 Å². The second-order valence-corrected chi connectivity index (χ2v) is 8.00. The first-order chi connectivity index (χ1) is 13.4. The van der Waals surface area contributed by atoms with E-state index in [9.17, 15) is 14.4 Å². The van der Waals surface area contributed by atoms with Gasteiger partial charge in [-0.2, -0.15) is 0 Å². The van der Waals surface area contributed by atoms with E-state index in [-0.39, 0.29) is 17.6 Å². The van der Waals surface area contributed by atoms with Crippen molar-refractivity contribution in [2.24, 2.45) is 20.0 Å². The van der Waals surface area contributed by atoms with Crippen LogP contribution in [0.3, 0.4) is 0 Å². The number of benzene rings is 1. The van der Waals surface area contributed by atoms with Gasteiger partial charge in [0.15, 0.2) is 0 Å². The Hall–Kier alpha value is -2.67. The molecule has 1 amide bonds. The molecular formula is C21H26N4O3. The van der Waals surface area contributed by atoms with Crippen molar-refractivity contribution in [3.05, 3.63) is 68.5 Å². The lowest BCUT2D eigenvalue weighted by atomic mass is 9.94. The monoisotopic (exact) mass is 382 g/mol. The zero-order valence-corrected chi connectivity index (χ0v) is 16.4. The first-order valence-electron chi connectivity index (χ1n) is 9.78. The normalized spacial score (nSPS) is 22.3. The average molecular weight is 382 g/mol. The highest BCUT2D eigenvalue weighted by Crippen LogP contribution is 2.29. The topological polar surface area (TPSA) is 67.6 Å². The van der Waals surface area contributed by atoms with Crippen LogP contribution >= 0.6 is 0 Å². The second kappa shape index (κ2) is 7.39. The highest BCUT2D eigenvalue weighted by Gasteiger charge is 2.38. The Labute approximate surface area is 163 Å². The van der Waals surface area contributed by atoms with Crippen molar-refractivity contribution in [3.8, 4) is 0 Å². The SMILES string of the molecule is Cn1c(C(=O)N2C[C@H]3CC[C@@H]2CN(Cc2ccccc2)C3)cc(=O)n(C)c1=O. The van der Waals surface area contributed by atoms with E-state index in [2.05, 4.69) is 17.0 Å². The number of aromatic nitrogens is 2. The van der Waals surface area contributed by atoms with Gasteiger partial charge in [0, 0.05) is 52.4 Å². The molecule has 4 heterocycles. The third kappa shape index (κ3) is 3.42. The quantitative estimate of drug-likeness (QED) is 0.788. The zero-order valence-electron chi connectivity index (χ0n) is 16.4. The minimum Gasteiger partial charge on any atom is -0.333 e. The molecule has 7 nitrogen and oxygen atoms in total. The summed E-state index contributed by atoms with van der Waals surface area (Å²) in [7, 11) is 2.97. The smallest absolute Gasteiger partial charge is 0.331 e. The van der Waals surface area contributed by atoms with Crippen molar-refractivity contribution in [1.82, 2.24) is 18.9 Å². The van der Waals surface area contributed by atoms with Gasteiger partial charge in [0.25, 0.3) is 11.5 Å². The second-order valence-electron chi connectivity index (χ2n) is 8.00. The largest absolute Gasteiger partial charge is 0.333 e. The predicted molar refractivity (Wildman–Crippen MR) is 106 cm³/mol. The van der Waals surface area contributed by atoms with Crippen molar-refractivity contribution in [2.75, 3.05) is 19.6 Å². The fourth-order valence-electron chi connectivity index (χ4n) is 4.48. The van der Waals surface area contributed by atoms with Crippen LogP contribution in [0.25, 0.3) is 0 Å². The number of hydrogen-bond acceptors (Lipinski definition) is 4. The van der Waals surface area contributed by atoms with E-state index in [1.165, 1.54) is 23.2 Å². The molecule has 0 spiro atoms. The van der Waals surface area contributed by atoms with Crippen molar-refractivity contribution in [3.63, 3.8) is 0 Å². The highest BCUT2D eigenvalue weighted by atomic mass is 16.2. The molecule has 3 aliphatic rings. The number of rotatable bonds is 3. The molecule has 0 radical (unpaired) electrons. The third-order valence-electron chi connectivity index (χ3n) is 6.04. The van der Waals surface area contributed by atoms with E-state index in [0.29, 0.717) is 12.5 Å². The maximum Gasteiger partial charge on any atom is 0.331 e. The first kappa shape index (κ1) is 18.7. The fraction of sp³-hybridized carbons (Fsp3) is 0.476. The molecule has 5 rings (SSSR count). The standard InChI is InChI=1S/C21H26N4O3/c1-22-18(10-19(26)23(2)21(22)28)20(27)25-13-16-8-9-17(25)14-24(12-16)11-15-6-4-3-5-7-15/h3-7,10,16-17H,8-9,11-14H2,1-2H3/t16-,17+/m0/s1. The van der Waals surface area contributed by atoms with Gasteiger partial charge in [-0.25, -0.2) is 4.79 Å². The summed E-state index contributed by atoms with van der Waals surface area (Å²) in [6.45, 7) is 3.33. The van der Waals surface area contributed by atoms with Crippen LogP contribution < -0.4 is 11.2 Å². The van der Waals surface area contributed by atoms with Crippen LogP contribution in [0.2, 0.25) is 0 Å². The molecule has 148 valence electrons. The summed E-state index contributed by atoms with van der Waals surface area (Å²) in [5, 5.41) is 0. The summed E-state index contributed by atoms with van der Waals surface area (Å²) < 4.78 is 2.30. The van der Waals surface area contributed by atoms with Gasteiger partial charge in [-0.1, -0.05) is 30.3 Å². The van der Waals surface area contributed by atoms with Gasteiger partial charge >= 0.3 is 5.69 Å². The lowest BCUT2D eigenvalue weighted by molar-refractivity contribution is 0.0572. The van der Waals surface area contributed by atoms with Crippen LogP contribution in [0.15, 0.2) is 46.0 Å². The minimum absolute atomic E-state index is 0.106. The molecule has 0 aliphatic carbocycles. The molecule has 7 heteroatoms. The Balaban J connectivity index is 1.58. The third-order valence-corrected chi connectivity index (χ3v) is 6.04. The van der Waals surface area contributed by atoms with Crippen LogP contribution in [0.1, 0.15) is 28.9 Å². The number of nitrogens with zero attached hydrogens (tertiary/aromatic N) is 4. The summed E-state index contributed by atoms with van der Waals surface area (Å²) in [4.78, 5) is 41.8. The summed E-state index contributed by atoms with van der Waals surface area (Å²) in [5.74, 6) is 0.198. The summed E-state index contributed by atoms with van der Waals surface area (Å²) in [6, 6.07) is 11.8. The van der Waals surface area contributed by atoms with Gasteiger partial charge in [-0.3, -0.25) is 23.6 Å². The maximum atomic E-state index is 13.2. The minimum atomic E-state index is -0.471. The van der Waals surface area contributed by atoms with Crippen molar-refractivity contribution < 1.29 is 4.79 Å². The predicted octanol–water partition coefficient (Wildman–Crippen LogP) is 0.821. The van der Waals surface area contributed by atoms with Gasteiger partial charge in [0.1, 0.15) is 5.69 Å². The van der Waals surface area contributed by atoms with Crippen LogP contribution in [0.5, 0.6) is 0 Å². The van der Waals surface area contributed by atoms with E-state index in [4.69, 9.17) is 0 Å². The van der Waals surface area contributed by atoms with E-state index >= 15 is 0 Å². The Kier molecular flexibility index (Phi) is 4.93. The van der Waals surface area contributed by atoms with E-state index in [1.54, 1.807) is 7.05 Å². The molecule has 0 unspecified atom stereocenters. The average Bonchev–Trinajstić information content (AvgIpc) is 3.00. The van der Waals surface area contributed by atoms with E-state index in [1.807, 2.05) is 23.1 Å². The van der Waals surface area contributed by atoms with E-state index < -0.39 is 11.2 Å². The molecular weight excluding hydrogens is 356 g/mol. The lowest BCUT2D eigenvalue weighted by Crippen LogP contribution is -2.49. The molecule has 2 atom stereocenters.